The minimum atomic E-state index is 0.214. The molecule has 1 unspecified atom stereocenters. The Morgan fingerprint density at radius 2 is 2.07 bits per heavy atom. The fraction of sp³-hybridized carbons (Fsp3) is 0.500. The van der Waals surface area contributed by atoms with Crippen LogP contribution in [0.2, 0.25) is 0 Å². The Morgan fingerprint density at radius 1 is 1.28 bits per heavy atom. The largest absolute Gasteiger partial charge is 0.497 e. The zero-order chi connectivity index (χ0) is 20.6. The summed E-state index contributed by atoms with van der Waals surface area (Å²) >= 11 is 0. The summed E-state index contributed by atoms with van der Waals surface area (Å²) in [5, 5.41) is 3.46. The van der Waals surface area contributed by atoms with Gasteiger partial charge in [-0.2, -0.15) is 0 Å². The molecule has 1 saturated heterocycles. The number of nitrogens with zero attached hydrogens (tertiary/aromatic N) is 4. The van der Waals surface area contributed by atoms with Gasteiger partial charge in [0, 0.05) is 58.5 Å². The third-order valence-corrected chi connectivity index (χ3v) is 5.27. The molecule has 2 aromatic rings. The first-order valence-corrected chi connectivity index (χ1v) is 10.1. The number of amides is 1. The van der Waals surface area contributed by atoms with E-state index in [2.05, 4.69) is 15.3 Å². The summed E-state index contributed by atoms with van der Waals surface area (Å²) in [4.78, 5) is 25.5. The van der Waals surface area contributed by atoms with Gasteiger partial charge in [-0.05, 0) is 36.5 Å². The first-order valence-electron chi connectivity index (χ1n) is 10.1. The molecule has 1 amide bonds. The SMILES string of the molecule is COc1ccc(CCC(=O)N2CCNCC(Cc3cc(N(C)C)ncn3)C2)cc1. The van der Waals surface area contributed by atoms with Crippen LogP contribution in [0.5, 0.6) is 5.75 Å². The number of hydrogen-bond acceptors (Lipinski definition) is 6. The summed E-state index contributed by atoms with van der Waals surface area (Å²) in [6.45, 7) is 3.24. The molecule has 1 aliphatic heterocycles. The van der Waals surface area contributed by atoms with Gasteiger partial charge >= 0.3 is 0 Å². The molecule has 1 fully saturated rings. The van der Waals surface area contributed by atoms with E-state index >= 15 is 0 Å². The lowest BCUT2D eigenvalue weighted by atomic mass is 10.0. The van der Waals surface area contributed by atoms with Crippen molar-refractivity contribution < 1.29 is 9.53 Å². The monoisotopic (exact) mass is 397 g/mol. The van der Waals surface area contributed by atoms with Gasteiger partial charge in [-0.1, -0.05) is 12.1 Å². The molecular weight excluding hydrogens is 366 g/mol. The summed E-state index contributed by atoms with van der Waals surface area (Å²) in [5.41, 5.74) is 2.17. The minimum absolute atomic E-state index is 0.214. The number of anilines is 1. The third kappa shape index (κ3) is 6.15. The Kier molecular flexibility index (Phi) is 7.41. The summed E-state index contributed by atoms with van der Waals surface area (Å²) in [6, 6.07) is 9.96. The van der Waals surface area contributed by atoms with Crippen LogP contribution in [-0.4, -0.2) is 68.2 Å². The lowest BCUT2D eigenvalue weighted by Gasteiger charge is -2.24. The second-order valence-corrected chi connectivity index (χ2v) is 7.72. The van der Waals surface area contributed by atoms with Crippen molar-refractivity contribution in [2.24, 2.45) is 5.92 Å². The van der Waals surface area contributed by atoms with Crippen LogP contribution < -0.4 is 15.0 Å². The van der Waals surface area contributed by atoms with E-state index in [1.807, 2.05) is 54.2 Å². The van der Waals surface area contributed by atoms with E-state index in [0.717, 1.165) is 61.8 Å². The van der Waals surface area contributed by atoms with E-state index in [-0.39, 0.29) is 5.91 Å². The molecule has 1 atom stereocenters. The number of rotatable bonds is 7. The summed E-state index contributed by atoms with van der Waals surface area (Å²) in [6.07, 6.45) is 3.72. The van der Waals surface area contributed by atoms with Crippen molar-refractivity contribution >= 4 is 11.7 Å². The van der Waals surface area contributed by atoms with Crippen molar-refractivity contribution in [1.82, 2.24) is 20.2 Å². The maximum Gasteiger partial charge on any atom is 0.222 e. The molecule has 2 heterocycles. The zero-order valence-electron chi connectivity index (χ0n) is 17.6. The molecule has 0 radical (unpaired) electrons. The van der Waals surface area contributed by atoms with E-state index in [0.29, 0.717) is 12.3 Å². The van der Waals surface area contributed by atoms with E-state index in [9.17, 15) is 4.79 Å². The molecule has 1 aromatic heterocycles. The average Bonchev–Trinajstić information content (AvgIpc) is 2.98. The Bertz CT molecular complexity index is 794. The molecule has 0 bridgehead atoms. The number of ether oxygens (including phenoxy) is 1. The van der Waals surface area contributed by atoms with Crippen LogP contribution in [0.4, 0.5) is 5.82 Å². The van der Waals surface area contributed by atoms with Crippen molar-refractivity contribution in [3.63, 3.8) is 0 Å². The number of methoxy groups -OCH3 is 1. The Labute approximate surface area is 173 Å². The minimum Gasteiger partial charge on any atom is -0.497 e. The van der Waals surface area contributed by atoms with Crippen molar-refractivity contribution in [2.75, 3.05) is 52.3 Å². The Hall–Kier alpha value is -2.67. The number of carbonyl (C=O) groups excluding carboxylic acids is 1. The molecule has 0 aliphatic carbocycles. The predicted octanol–water partition coefficient (Wildman–Crippen LogP) is 1.77. The van der Waals surface area contributed by atoms with Crippen molar-refractivity contribution in [3.05, 3.63) is 47.9 Å². The molecule has 0 saturated carbocycles. The number of hydrogen-bond donors (Lipinski definition) is 1. The second-order valence-electron chi connectivity index (χ2n) is 7.72. The van der Waals surface area contributed by atoms with Gasteiger partial charge in [0.15, 0.2) is 0 Å². The summed E-state index contributed by atoms with van der Waals surface area (Å²) < 4.78 is 5.19. The van der Waals surface area contributed by atoms with Crippen LogP contribution in [0.1, 0.15) is 17.7 Å². The first kappa shape index (κ1) is 21.0. The van der Waals surface area contributed by atoms with Crippen molar-refractivity contribution in [2.45, 2.75) is 19.3 Å². The zero-order valence-corrected chi connectivity index (χ0v) is 17.6. The molecule has 156 valence electrons. The van der Waals surface area contributed by atoms with Gasteiger partial charge in [0.1, 0.15) is 17.9 Å². The van der Waals surface area contributed by atoms with Gasteiger partial charge in [0.05, 0.1) is 7.11 Å². The lowest BCUT2D eigenvalue weighted by molar-refractivity contribution is -0.131. The molecule has 7 nitrogen and oxygen atoms in total. The van der Waals surface area contributed by atoms with Crippen LogP contribution in [0.3, 0.4) is 0 Å². The molecule has 0 spiro atoms. The number of carbonyl (C=O) groups is 1. The molecule has 1 aliphatic rings. The number of aryl methyl sites for hydroxylation is 1. The fourth-order valence-electron chi connectivity index (χ4n) is 3.59. The van der Waals surface area contributed by atoms with Gasteiger partial charge < -0.3 is 19.9 Å². The van der Waals surface area contributed by atoms with Crippen LogP contribution >= 0.6 is 0 Å². The Morgan fingerprint density at radius 3 is 2.79 bits per heavy atom. The maximum absolute atomic E-state index is 12.8. The first-order chi connectivity index (χ1) is 14.0. The van der Waals surface area contributed by atoms with Gasteiger partial charge in [0.2, 0.25) is 5.91 Å². The second kappa shape index (κ2) is 10.2. The number of nitrogens with one attached hydrogen (secondary N) is 1. The molecule has 29 heavy (non-hydrogen) atoms. The number of benzene rings is 1. The van der Waals surface area contributed by atoms with Crippen molar-refractivity contribution in [3.8, 4) is 5.75 Å². The van der Waals surface area contributed by atoms with Crippen LogP contribution in [0.25, 0.3) is 0 Å². The third-order valence-electron chi connectivity index (χ3n) is 5.27. The van der Waals surface area contributed by atoms with E-state index in [4.69, 9.17) is 4.74 Å². The predicted molar refractivity (Wildman–Crippen MR) is 114 cm³/mol. The maximum atomic E-state index is 12.8. The summed E-state index contributed by atoms with van der Waals surface area (Å²) in [7, 11) is 5.61. The molecule has 1 N–H and O–H groups in total. The Balaban J connectivity index is 1.56. The normalized spacial score (nSPS) is 16.9. The van der Waals surface area contributed by atoms with Crippen molar-refractivity contribution in [1.29, 1.82) is 0 Å². The van der Waals surface area contributed by atoms with Gasteiger partial charge in [-0.25, -0.2) is 9.97 Å². The average molecular weight is 398 g/mol. The highest BCUT2D eigenvalue weighted by Crippen LogP contribution is 2.16. The number of aromatic nitrogens is 2. The molecular formula is C22H31N5O2. The molecule has 7 heteroatoms. The van der Waals surface area contributed by atoms with Crippen LogP contribution in [-0.2, 0) is 17.6 Å². The molecule has 3 rings (SSSR count). The fourth-order valence-corrected chi connectivity index (χ4v) is 3.59. The van der Waals surface area contributed by atoms with Crippen LogP contribution in [0, 0.1) is 5.92 Å². The standard InChI is InChI=1S/C22H31N5O2/c1-26(2)21-13-19(24-16-25-21)12-18-14-23-10-11-27(15-18)22(28)9-6-17-4-7-20(29-3)8-5-17/h4-5,7-8,13,16,18,23H,6,9-12,14-15H2,1-3H3. The van der Waals surface area contributed by atoms with Crippen LogP contribution in [0.15, 0.2) is 36.7 Å². The lowest BCUT2D eigenvalue weighted by Crippen LogP contribution is -2.36. The molecule has 1 aromatic carbocycles. The summed E-state index contributed by atoms with van der Waals surface area (Å²) in [5.74, 6) is 2.30. The van der Waals surface area contributed by atoms with Gasteiger partial charge in [-0.15, -0.1) is 0 Å². The quantitative estimate of drug-likeness (QED) is 0.768. The van der Waals surface area contributed by atoms with Gasteiger partial charge in [0.25, 0.3) is 0 Å². The van der Waals surface area contributed by atoms with E-state index < -0.39 is 0 Å². The smallest absolute Gasteiger partial charge is 0.222 e. The highest BCUT2D eigenvalue weighted by molar-refractivity contribution is 5.76. The highest BCUT2D eigenvalue weighted by atomic mass is 16.5. The van der Waals surface area contributed by atoms with Gasteiger partial charge in [-0.3, -0.25) is 4.79 Å². The van der Waals surface area contributed by atoms with E-state index in [1.54, 1.807) is 13.4 Å². The highest BCUT2D eigenvalue weighted by Gasteiger charge is 2.22. The van der Waals surface area contributed by atoms with E-state index in [1.165, 1.54) is 0 Å². The topological polar surface area (TPSA) is 70.6 Å².